The van der Waals surface area contributed by atoms with Crippen LogP contribution in [0.2, 0.25) is 0 Å². The maximum atomic E-state index is 13.1. The van der Waals surface area contributed by atoms with Crippen molar-refractivity contribution < 1.29 is 14.3 Å². The summed E-state index contributed by atoms with van der Waals surface area (Å²) in [5, 5.41) is 9.15. The second kappa shape index (κ2) is 5.57. The lowest BCUT2D eigenvalue weighted by Crippen LogP contribution is -2.37. The number of nitrogens with zero attached hydrogens (tertiary/aromatic N) is 2. The van der Waals surface area contributed by atoms with Crippen LogP contribution in [0.3, 0.4) is 0 Å². The Morgan fingerprint density at radius 3 is 2.89 bits per heavy atom. The molecule has 1 aliphatic heterocycles. The second-order valence-electron chi connectivity index (χ2n) is 5.12. The van der Waals surface area contributed by atoms with Crippen LogP contribution < -0.4 is 4.90 Å². The summed E-state index contributed by atoms with van der Waals surface area (Å²) in [5.41, 5.74) is 0.581. The Kier molecular flexibility index (Phi) is 4.04. The number of rotatable bonds is 4. The third-order valence-corrected chi connectivity index (χ3v) is 3.76. The van der Waals surface area contributed by atoms with Gasteiger partial charge in [-0.05, 0) is 44.6 Å². The molecule has 1 aromatic rings. The highest BCUT2D eigenvalue weighted by molar-refractivity contribution is 5.94. The van der Waals surface area contributed by atoms with E-state index in [2.05, 4.69) is 11.9 Å². The molecule has 19 heavy (non-hydrogen) atoms. The van der Waals surface area contributed by atoms with Gasteiger partial charge in [0.05, 0.1) is 11.3 Å². The molecule has 1 aromatic carbocycles. The van der Waals surface area contributed by atoms with E-state index in [0.29, 0.717) is 11.7 Å². The van der Waals surface area contributed by atoms with Gasteiger partial charge in [-0.1, -0.05) is 0 Å². The fourth-order valence-electron chi connectivity index (χ4n) is 2.64. The number of likely N-dealkylation sites (N-methyl/N-ethyl adjacent to an activating group) is 2. The van der Waals surface area contributed by atoms with Crippen LogP contribution in [0.1, 0.15) is 23.2 Å². The van der Waals surface area contributed by atoms with Gasteiger partial charge in [-0.25, -0.2) is 9.18 Å². The van der Waals surface area contributed by atoms with Gasteiger partial charge in [0.2, 0.25) is 0 Å². The summed E-state index contributed by atoms with van der Waals surface area (Å²) < 4.78 is 13.1. The van der Waals surface area contributed by atoms with Gasteiger partial charge in [0.1, 0.15) is 5.82 Å². The van der Waals surface area contributed by atoms with Crippen LogP contribution in [0.5, 0.6) is 0 Å². The molecule has 1 unspecified atom stereocenters. The van der Waals surface area contributed by atoms with E-state index < -0.39 is 11.8 Å². The molecule has 2 rings (SSSR count). The zero-order chi connectivity index (χ0) is 14.0. The third kappa shape index (κ3) is 3.04. The summed E-state index contributed by atoms with van der Waals surface area (Å²) in [5.74, 6) is -1.62. The first kappa shape index (κ1) is 13.8. The number of carboxylic acid groups (broad SMARTS) is 1. The molecule has 5 heteroatoms. The molecule has 0 saturated carbocycles. The number of aromatic carboxylic acids is 1. The van der Waals surface area contributed by atoms with E-state index in [1.165, 1.54) is 18.6 Å². The monoisotopic (exact) mass is 266 g/mol. The topological polar surface area (TPSA) is 43.8 Å². The number of likely N-dealkylation sites (tertiary alicyclic amines) is 1. The molecule has 104 valence electrons. The fraction of sp³-hybridized carbons (Fsp3) is 0.500. The predicted octanol–water partition coefficient (Wildman–Crippen LogP) is 2.05. The first-order valence-electron chi connectivity index (χ1n) is 6.43. The molecule has 1 heterocycles. The minimum Gasteiger partial charge on any atom is -0.478 e. The zero-order valence-corrected chi connectivity index (χ0v) is 11.3. The van der Waals surface area contributed by atoms with Crippen molar-refractivity contribution in [2.45, 2.75) is 18.9 Å². The lowest BCUT2D eigenvalue weighted by atomic mass is 10.1. The van der Waals surface area contributed by atoms with Crippen molar-refractivity contribution in [3.8, 4) is 0 Å². The highest BCUT2D eigenvalue weighted by atomic mass is 19.1. The van der Waals surface area contributed by atoms with Crippen molar-refractivity contribution in [2.75, 3.05) is 32.1 Å². The van der Waals surface area contributed by atoms with Crippen molar-refractivity contribution >= 4 is 11.7 Å². The Morgan fingerprint density at radius 2 is 2.32 bits per heavy atom. The van der Waals surface area contributed by atoms with Gasteiger partial charge in [0, 0.05) is 19.6 Å². The van der Waals surface area contributed by atoms with Gasteiger partial charge < -0.3 is 14.9 Å². The molecule has 0 radical (unpaired) electrons. The van der Waals surface area contributed by atoms with Gasteiger partial charge in [-0.2, -0.15) is 0 Å². The Hall–Kier alpha value is -1.62. The van der Waals surface area contributed by atoms with Crippen LogP contribution in [-0.4, -0.2) is 49.2 Å². The standard InChI is InChI=1S/C14H19FN2O2/c1-16-7-3-4-11(16)9-17(2)13-6-5-10(15)8-12(13)14(18)19/h5-6,8,11H,3-4,7,9H2,1-2H3,(H,18,19). The molecule has 0 spiro atoms. The van der Waals surface area contributed by atoms with Crippen LogP contribution in [0.4, 0.5) is 10.1 Å². The van der Waals surface area contributed by atoms with Crippen molar-refractivity contribution in [2.24, 2.45) is 0 Å². The van der Waals surface area contributed by atoms with Crippen LogP contribution in [-0.2, 0) is 0 Å². The highest BCUT2D eigenvalue weighted by Crippen LogP contribution is 2.23. The molecule has 4 nitrogen and oxygen atoms in total. The summed E-state index contributed by atoms with van der Waals surface area (Å²) >= 11 is 0. The van der Waals surface area contributed by atoms with Crippen LogP contribution in [0, 0.1) is 5.82 Å². The molecule has 1 saturated heterocycles. The SMILES string of the molecule is CN(CC1CCCN1C)c1ccc(F)cc1C(=O)O. The second-order valence-corrected chi connectivity index (χ2v) is 5.12. The predicted molar refractivity (Wildman–Crippen MR) is 72.3 cm³/mol. The molecular formula is C14H19FN2O2. The molecule has 1 aliphatic rings. The number of hydrogen-bond donors (Lipinski definition) is 1. The first-order chi connectivity index (χ1) is 8.99. The Bertz CT molecular complexity index is 479. The van der Waals surface area contributed by atoms with E-state index in [1.54, 1.807) is 0 Å². The molecule has 1 fully saturated rings. The Morgan fingerprint density at radius 1 is 1.58 bits per heavy atom. The number of anilines is 1. The van der Waals surface area contributed by atoms with Crippen LogP contribution >= 0.6 is 0 Å². The van der Waals surface area contributed by atoms with Gasteiger partial charge in [-0.15, -0.1) is 0 Å². The van der Waals surface area contributed by atoms with Gasteiger partial charge in [0.25, 0.3) is 0 Å². The smallest absolute Gasteiger partial charge is 0.337 e. The number of carbonyl (C=O) groups is 1. The van der Waals surface area contributed by atoms with E-state index in [1.807, 2.05) is 11.9 Å². The van der Waals surface area contributed by atoms with Gasteiger partial charge in [-0.3, -0.25) is 0 Å². The summed E-state index contributed by atoms with van der Waals surface area (Å²) in [6.07, 6.45) is 2.29. The molecule has 0 aliphatic carbocycles. The molecule has 1 N–H and O–H groups in total. The Balaban J connectivity index is 2.18. The van der Waals surface area contributed by atoms with E-state index in [4.69, 9.17) is 5.11 Å². The summed E-state index contributed by atoms with van der Waals surface area (Å²) in [6, 6.07) is 4.34. The average Bonchev–Trinajstić information content (AvgIpc) is 2.74. The number of hydrogen-bond acceptors (Lipinski definition) is 3. The minimum absolute atomic E-state index is 0.0168. The molecular weight excluding hydrogens is 247 g/mol. The van der Waals surface area contributed by atoms with Crippen molar-refractivity contribution in [3.63, 3.8) is 0 Å². The van der Waals surface area contributed by atoms with Crippen molar-refractivity contribution in [1.82, 2.24) is 4.90 Å². The van der Waals surface area contributed by atoms with Gasteiger partial charge in [0.15, 0.2) is 0 Å². The highest BCUT2D eigenvalue weighted by Gasteiger charge is 2.23. The van der Waals surface area contributed by atoms with E-state index in [-0.39, 0.29) is 5.56 Å². The van der Waals surface area contributed by atoms with Crippen molar-refractivity contribution in [3.05, 3.63) is 29.6 Å². The maximum absolute atomic E-state index is 13.1. The molecule has 0 aromatic heterocycles. The normalized spacial score (nSPS) is 19.6. The van der Waals surface area contributed by atoms with Crippen LogP contribution in [0.15, 0.2) is 18.2 Å². The van der Waals surface area contributed by atoms with Crippen LogP contribution in [0.25, 0.3) is 0 Å². The quantitative estimate of drug-likeness (QED) is 0.906. The number of benzene rings is 1. The number of carboxylic acids is 1. The third-order valence-electron chi connectivity index (χ3n) is 3.76. The Labute approximate surface area is 112 Å². The van der Waals surface area contributed by atoms with Crippen molar-refractivity contribution in [1.29, 1.82) is 0 Å². The zero-order valence-electron chi connectivity index (χ0n) is 11.3. The lowest BCUT2D eigenvalue weighted by molar-refractivity contribution is 0.0697. The number of halogens is 1. The first-order valence-corrected chi connectivity index (χ1v) is 6.43. The molecule has 0 amide bonds. The maximum Gasteiger partial charge on any atom is 0.337 e. The summed E-state index contributed by atoms with van der Waals surface area (Å²) in [7, 11) is 3.93. The molecule has 0 bridgehead atoms. The van der Waals surface area contributed by atoms with E-state index >= 15 is 0 Å². The summed E-state index contributed by atoms with van der Waals surface area (Å²) in [4.78, 5) is 15.4. The largest absolute Gasteiger partial charge is 0.478 e. The van der Waals surface area contributed by atoms with Gasteiger partial charge >= 0.3 is 5.97 Å². The average molecular weight is 266 g/mol. The fourth-order valence-corrected chi connectivity index (χ4v) is 2.64. The lowest BCUT2D eigenvalue weighted by Gasteiger charge is -2.28. The van der Waals surface area contributed by atoms with E-state index in [0.717, 1.165) is 25.6 Å². The molecule has 1 atom stereocenters. The minimum atomic E-state index is -1.10. The summed E-state index contributed by atoms with van der Waals surface area (Å²) in [6.45, 7) is 1.83. The van der Waals surface area contributed by atoms with E-state index in [9.17, 15) is 9.18 Å².